The number of hydrogen-bond donors (Lipinski definition) is 1. The lowest BCUT2D eigenvalue weighted by molar-refractivity contribution is -0.151. The normalized spacial score (nSPS) is 14.4. The van der Waals surface area contributed by atoms with E-state index in [2.05, 4.69) is 19.2 Å². The summed E-state index contributed by atoms with van der Waals surface area (Å²) in [6.07, 6.45) is 2.91. The van der Waals surface area contributed by atoms with Crippen molar-refractivity contribution in [2.24, 2.45) is 5.92 Å². The predicted molar refractivity (Wildman–Crippen MR) is 78.2 cm³/mol. The third-order valence-corrected chi connectivity index (χ3v) is 3.55. The molecule has 1 unspecified atom stereocenters. The van der Waals surface area contributed by atoms with Gasteiger partial charge in [0.15, 0.2) is 0 Å². The van der Waals surface area contributed by atoms with E-state index in [0.717, 1.165) is 26.0 Å². The largest absolute Gasteiger partial charge is 0.465 e. The van der Waals surface area contributed by atoms with E-state index in [1.165, 1.54) is 0 Å². The zero-order valence-corrected chi connectivity index (χ0v) is 13.3. The molecule has 0 heterocycles. The van der Waals surface area contributed by atoms with E-state index in [-0.39, 0.29) is 5.97 Å². The van der Waals surface area contributed by atoms with Gasteiger partial charge in [-0.3, -0.25) is 4.79 Å². The van der Waals surface area contributed by atoms with Gasteiger partial charge in [0.2, 0.25) is 0 Å². The molecule has 0 bridgehead atoms. The van der Waals surface area contributed by atoms with Crippen molar-refractivity contribution in [1.29, 1.82) is 0 Å². The van der Waals surface area contributed by atoms with Gasteiger partial charge in [-0.1, -0.05) is 33.6 Å². The molecule has 0 amide bonds. The molecule has 19 heavy (non-hydrogen) atoms. The van der Waals surface area contributed by atoms with Crippen molar-refractivity contribution in [1.82, 2.24) is 5.32 Å². The zero-order chi connectivity index (χ0) is 14.7. The summed E-state index contributed by atoms with van der Waals surface area (Å²) in [6, 6.07) is 0. The maximum atomic E-state index is 12.0. The number of carbonyl (C=O) groups excluding carboxylic acids is 1. The molecule has 0 spiro atoms. The van der Waals surface area contributed by atoms with E-state index in [0.29, 0.717) is 25.6 Å². The monoisotopic (exact) mass is 273 g/mol. The molecular weight excluding hydrogens is 242 g/mol. The van der Waals surface area contributed by atoms with E-state index < -0.39 is 5.54 Å². The summed E-state index contributed by atoms with van der Waals surface area (Å²) < 4.78 is 10.8. The Kier molecular flexibility index (Phi) is 9.88. The highest BCUT2D eigenvalue weighted by molar-refractivity contribution is 5.80. The Hall–Kier alpha value is -0.610. The third kappa shape index (κ3) is 6.92. The van der Waals surface area contributed by atoms with E-state index in [4.69, 9.17) is 9.47 Å². The molecule has 0 aromatic heterocycles. The quantitative estimate of drug-likeness (QED) is 0.464. The van der Waals surface area contributed by atoms with Crippen LogP contribution in [0.5, 0.6) is 0 Å². The lowest BCUT2D eigenvalue weighted by Crippen LogP contribution is -2.51. The lowest BCUT2D eigenvalue weighted by atomic mass is 9.98. The number of esters is 1. The summed E-state index contributed by atoms with van der Waals surface area (Å²) in [4.78, 5) is 12.0. The topological polar surface area (TPSA) is 47.6 Å². The Morgan fingerprint density at radius 3 is 2.32 bits per heavy atom. The van der Waals surface area contributed by atoms with Gasteiger partial charge in [0.05, 0.1) is 6.61 Å². The molecule has 0 aliphatic heterocycles. The van der Waals surface area contributed by atoms with Crippen LogP contribution in [0, 0.1) is 5.92 Å². The first kappa shape index (κ1) is 18.4. The van der Waals surface area contributed by atoms with Crippen LogP contribution < -0.4 is 5.32 Å². The van der Waals surface area contributed by atoms with Crippen molar-refractivity contribution in [2.45, 2.75) is 59.4 Å². The molecule has 0 fully saturated rings. The average Bonchev–Trinajstić information content (AvgIpc) is 2.39. The van der Waals surface area contributed by atoms with Crippen molar-refractivity contribution in [3.05, 3.63) is 0 Å². The summed E-state index contributed by atoms with van der Waals surface area (Å²) in [5.74, 6) is 0.427. The van der Waals surface area contributed by atoms with Crippen LogP contribution in [-0.2, 0) is 14.3 Å². The van der Waals surface area contributed by atoms with Gasteiger partial charge < -0.3 is 14.8 Å². The van der Waals surface area contributed by atoms with Crippen LogP contribution in [0.25, 0.3) is 0 Å². The van der Waals surface area contributed by atoms with E-state index in [1.54, 1.807) is 0 Å². The van der Waals surface area contributed by atoms with Crippen molar-refractivity contribution in [3.8, 4) is 0 Å². The van der Waals surface area contributed by atoms with Crippen LogP contribution in [0.1, 0.15) is 53.9 Å². The van der Waals surface area contributed by atoms with Crippen molar-refractivity contribution in [3.63, 3.8) is 0 Å². The molecule has 0 saturated heterocycles. The maximum absolute atomic E-state index is 12.0. The van der Waals surface area contributed by atoms with E-state index >= 15 is 0 Å². The molecule has 4 heteroatoms. The van der Waals surface area contributed by atoms with Gasteiger partial charge in [-0.25, -0.2) is 0 Å². The Morgan fingerprint density at radius 2 is 1.84 bits per heavy atom. The van der Waals surface area contributed by atoms with Crippen LogP contribution in [0.2, 0.25) is 0 Å². The minimum absolute atomic E-state index is 0.192. The van der Waals surface area contributed by atoms with Crippen LogP contribution >= 0.6 is 0 Å². The minimum atomic E-state index is -0.640. The highest BCUT2D eigenvalue weighted by atomic mass is 16.5. The molecule has 1 atom stereocenters. The first-order chi connectivity index (χ1) is 9.03. The van der Waals surface area contributed by atoms with Gasteiger partial charge in [0, 0.05) is 13.2 Å². The van der Waals surface area contributed by atoms with Gasteiger partial charge in [-0.05, 0) is 32.7 Å². The number of ether oxygens (including phenoxy) is 2. The second-order valence-electron chi connectivity index (χ2n) is 5.09. The fourth-order valence-corrected chi connectivity index (χ4v) is 1.99. The number of hydrogen-bond acceptors (Lipinski definition) is 4. The number of carbonyl (C=O) groups is 1. The molecule has 114 valence electrons. The molecule has 0 aliphatic rings. The molecule has 0 radical (unpaired) electrons. The van der Waals surface area contributed by atoms with Crippen LogP contribution in [0.4, 0.5) is 0 Å². The fraction of sp³-hybridized carbons (Fsp3) is 0.933. The van der Waals surface area contributed by atoms with Crippen LogP contribution in [0.15, 0.2) is 0 Å². The highest BCUT2D eigenvalue weighted by Gasteiger charge is 2.33. The standard InChI is InChI=1S/C15H31NO3/c1-6-13(7-2)12-18-11-10-15(5,16-8-3)14(17)19-9-4/h13,16H,6-12H2,1-5H3. The Morgan fingerprint density at radius 1 is 1.21 bits per heavy atom. The molecule has 1 N–H and O–H groups in total. The number of likely N-dealkylation sites (N-methyl/N-ethyl adjacent to an activating group) is 1. The predicted octanol–water partition coefficient (Wildman–Crippen LogP) is 2.76. The first-order valence-corrected chi connectivity index (χ1v) is 7.53. The Balaban J connectivity index is 4.17. The molecule has 0 aliphatic carbocycles. The second-order valence-corrected chi connectivity index (χ2v) is 5.09. The lowest BCUT2D eigenvalue weighted by Gasteiger charge is -2.28. The summed E-state index contributed by atoms with van der Waals surface area (Å²) in [6.45, 7) is 12.6. The van der Waals surface area contributed by atoms with E-state index in [1.807, 2.05) is 20.8 Å². The highest BCUT2D eigenvalue weighted by Crippen LogP contribution is 2.14. The summed E-state index contributed by atoms with van der Waals surface area (Å²) in [7, 11) is 0. The van der Waals surface area contributed by atoms with Crippen molar-refractivity contribution < 1.29 is 14.3 Å². The van der Waals surface area contributed by atoms with Gasteiger partial charge in [-0.2, -0.15) is 0 Å². The molecule has 4 nitrogen and oxygen atoms in total. The van der Waals surface area contributed by atoms with Gasteiger partial charge in [0.1, 0.15) is 5.54 Å². The third-order valence-electron chi connectivity index (χ3n) is 3.55. The fourth-order valence-electron chi connectivity index (χ4n) is 1.99. The van der Waals surface area contributed by atoms with Gasteiger partial charge >= 0.3 is 5.97 Å². The SMILES string of the molecule is CCNC(C)(CCOCC(CC)CC)C(=O)OCC. The molecular formula is C15H31NO3. The summed E-state index contributed by atoms with van der Waals surface area (Å²) in [5, 5.41) is 3.21. The summed E-state index contributed by atoms with van der Waals surface area (Å²) >= 11 is 0. The number of rotatable bonds is 11. The van der Waals surface area contributed by atoms with Gasteiger partial charge in [0.25, 0.3) is 0 Å². The Bertz CT molecular complexity index is 242. The van der Waals surface area contributed by atoms with E-state index in [9.17, 15) is 4.79 Å². The molecule has 0 rings (SSSR count). The average molecular weight is 273 g/mol. The van der Waals surface area contributed by atoms with Gasteiger partial charge in [-0.15, -0.1) is 0 Å². The van der Waals surface area contributed by atoms with Crippen molar-refractivity contribution in [2.75, 3.05) is 26.4 Å². The Labute approximate surface area is 118 Å². The molecule has 0 aromatic carbocycles. The maximum Gasteiger partial charge on any atom is 0.326 e. The zero-order valence-electron chi connectivity index (χ0n) is 13.3. The second kappa shape index (κ2) is 10.2. The number of nitrogens with one attached hydrogen (secondary N) is 1. The minimum Gasteiger partial charge on any atom is -0.465 e. The molecule has 0 aromatic rings. The smallest absolute Gasteiger partial charge is 0.326 e. The first-order valence-electron chi connectivity index (χ1n) is 7.53. The van der Waals surface area contributed by atoms with Crippen LogP contribution in [-0.4, -0.2) is 37.9 Å². The van der Waals surface area contributed by atoms with Crippen LogP contribution in [0.3, 0.4) is 0 Å². The summed E-state index contributed by atoms with van der Waals surface area (Å²) in [5.41, 5.74) is -0.640. The molecule has 0 saturated carbocycles. The van der Waals surface area contributed by atoms with Crippen molar-refractivity contribution >= 4 is 5.97 Å².